The number of hydrogen-bond acceptors (Lipinski definition) is 5. The van der Waals surface area contributed by atoms with Gasteiger partial charge in [-0.25, -0.2) is 9.78 Å². The van der Waals surface area contributed by atoms with Gasteiger partial charge in [-0.2, -0.15) is 0 Å². The lowest BCUT2D eigenvalue weighted by Gasteiger charge is -2.18. The molecule has 116 valence electrons. The van der Waals surface area contributed by atoms with E-state index in [-0.39, 0.29) is 17.8 Å². The Balaban J connectivity index is 2.28. The highest BCUT2D eigenvalue weighted by Gasteiger charge is 2.34. The van der Waals surface area contributed by atoms with Crippen molar-refractivity contribution in [3.8, 4) is 0 Å². The number of nitrogens with zero attached hydrogens (tertiary/aromatic N) is 2. The summed E-state index contributed by atoms with van der Waals surface area (Å²) in [5.74, 6) is -0.248. The van der Waals surface area contributed by atoms with E-state index < -0.39 is 5.97 Å². The molecule has 1 aliphatic rings. The molecule has 6 heteroatoms. The number of carboxylic acids is 1. The van der Waals surface area contributed by atoms with Gasteiger partial charge in [0.15, 0.2) is 0 Å². The third-order valence-corrected chi connectivity index (χ3v) is 3.76. The minimum absolute atomic E-state index is 0.0279. The van der Waals surface area contributed by atoms with Crippen LogP contribution in [0.4, 0.5) is 5.82 Å². The number of anilines is 1. The highest BCUT2D eigenvalue weighted by Crippen LogP contribution is 2.23. The molecule has 1 fully saturated rings. The average Bonchev–Trinajstić information content (AvgIpc) is 2.90. The molecule has 1 aromatic rings. The van der Waals surface area contributed by atoms with Crippen molar-refractivity contribution in [1.29, 1.82) is 0 Å². The summed E-state index contributed by atoms with van der Waals surface area (Å²) in [6.07, 6.45) is 1.64. The predicted octanol–water partition coefficient (Wildman–Crippen LogP) is 1.58. The van der Waals surface area contributed by atoms with Crippen molar-refractivity contribution in [3.63, 3.8) is 0 Å². The smallest absolute Gasteiger partial charge is 0.335 e. The summed E-state index contributed by atoms with van der Waals surface area (Å²) in [4.78, 5) is 17.9. The lowest BCUT2D eigenvalue weighted by Crippen LogP contribution is -2.27. The SMILES string of the molecule is CCCc1cc(C(=O)O)cc(N2CC(OC)C(OC)C2)n1. The van der Waals surface area contributed by atoms with Crippen LogP contribution < -0.4 is 4.90 Å². The molecular formula is C15H22N2O4. The third kappa shape index (κ3) is 3.51. The van der Waals surface area contributed by atoms with Crippen LogP contribution in [-0.4, -0.2) is 55.6 Å². The Bertz CT molecular complexity index is 494. The second-order valence-electron chi connectivity index (χ2n) is 5.21. The van der Waals surface area contributed by atoms with Crippen LogP contribution in [0, 0.1) is 0 Å². The first-order valence-electron chi connectivity index (χ1n) is 7.13. The molecule has 0 spiro atoms. The van der Waals surface area contributed by atoms with Crippen LogP contribution in [0.1, 0.15) is 29.4 Å². The van der Waals surface area contributed by atoms with E-state index in [2.05, 4.69) is 4.98 Å². The predicted molar refractivity (Wildman–Crippen MR) is 79.0 cm³/mol. The first-order chi connectivity index (χ1) is 10.1. The second-order valence-corrected chi connectivity index (χ2v) is 5.21. The zero-order valence-corrected chi connectivity index (χ0v) is 12.7. The maximum Gasteiger partial charge on any atom is 0.335 e. The van der Waals surface area contributed by atoms with Crippen molar-refractivity contribution in [3.05, 3.63) is 23.4 Å². The fourth-order valence-electron chi connectivity index (χ4n) is 2.63. The number of pyridine rings is 1. The Kier molecular flexibility index (Phi) is 5.14. The minimum Gasteiger partial charge on any atom is -0.478 e. The van der Waals surface area contributed by atoms with E-state index >= 15 is 0 Å². The van der Waals surface area contributed by atoms with Crippen LogP contribution in [0.2, 0.25) is 0 Å². The topological polar surface area (TPSA) is 71.9 Å². The van der Waals surface area contributed by atoms with Gasteiger partial charge in [-0.3, -0.25) is 0 Å². The van der Waals surface area contributed by atoms with Crippen LogP contribution in [0.3, 0.4) is 0 Å². The van der Waals surface area contributed by atoms with Gasteiger partial charge in [0.1, 0.15) is 18.0 Å². The van der Waals surface area contributed by atoms with Crippen molar-refractivity contribution in [2.75, 3.05) is 32.2 Å². The molecule has 0 radical (unpaired) electrons. The van der Waals surface area contributed by atoms with E-state index in [0.717, 1.165) is 18.5 Å². The molecule has 6 nitrogen and oxygen atoms in total. The zero-order valence-electron chi connectivity index (χ0n) is 12.7. The molecule has 2 rings (SSSR count). The van der Waals surface area contributed by atoms with Crippen molar-refractivity contribution in [2.45, 2.75) is 32.0 Å². The van der Waals surface area contributed by atoms with Crippen molar-refractivity contribution in [1.82, 2.24) is 4.98 Å². The maximum atomic E-state index is 11.3. The molecule has 1 saturated heterocycles. The average molecular weight is 294 g/mol. The van der Waals surface area contributed by atoms with Crippen molar-refractivity contribution in [2.24, 2.45) is 0 Å². The van der Waals surface area contributed by atoms with Gasteiger partial charge in [-0.05, 0) is 18.6 Å². The summed E-state index contributed by atoms with van der Waals surface area (Å²) in [6, 6.07) is 3.26. The Morgan fingerprint density at radius 2 is 1.95 bits per heavy atom. The molecule has 0 aliphatic carbocycles. The molecular weight excluding hydrogens is 272 g/mol. The summed E-state index contributed by atoms with van der Waals surface area (Å²) < 4.78 is 10.8. The molecule has 0 bridgehead atoms. The van der Waals surface area contributed by atoms with Crippen molar-refractivity contribution < 1.29 is 19.4 Å². The minimum atomic E-state index is -0.929. The van der Waals surface area contributed by atoms with Crippen LogP contribution in [-0.2, 0) is 15.9 Å². The van der Waals surface area contributed by atoms with Crippen LogP contribution in [0.15, 0.2) is 12.1 Å². The summed E-state index contributed by atoms with van der Waals surface area (Å²) in [5, 5.41) is 9.25. The number of aryl methyl sites for hydroxylation is 1. The monoisotopic (exact) mass is 294 g/mol. The molecule has 1 aliphatic heterocycles. The first kappa shape index (κ1) is 15.7. The van der Waals surface area contributed by atoms with Gasteiger partial charge in [0.25, 0.3) is 0 Å². The Labute approximate surface area is 124 Å². The van der Waals surface area contributed by atoms with Gasteiger partial charge >= 0.3 is 5.97 Å². The molecule has 1 N–H and O–H groups in total. The summed E-state index contributed by atoms with van der Waals surface area (Å²) >= 11 is 0. The number of carbonyl (C=O) groups is 1. The highest BCUT2D eigenvalue weighted by atomic mass is 16.5. The van der Waals surface area contributed by atoms with Gasteiger partial charge in [0, 0.05) is 33.0 Å². The van der Waals surface area contributed by atoms with E-state index in [1.165, 1.54) is 0 Å². The standard InChI is InChI=1S/C15H22N2O4/c1-4-5-11-6-10(15(18)19)7-14(16-11)17-8-12(20-2)13(9-17)21-3/h6-7,12-13H,4-5,8-9H2,1-3H3,(H,18,19). The molecule has 2 atom stereocenters. The zero-order chi connectivity index (χ0) is 15.4. The van der Waals surface area contributed by atoms with Gasteiger partial charge in [0.05, 0.1) is 5.56 Å². The molecule has 2 heterocycles. The largest absolute Gasteiger partial charge is 0.478 e. The summed E-state index contributed by atoms with van der Waals surface area (Å²) in [5.41, 5.74) is 1.08. The molecule has 0 amide bonds. The number of ether oxygens (including phenoxy) is 2. The van der Waals surface area contributed by atoms with Gasteiger partial charge in [-0.1, -0.05) is 13.3 Å². The first-order valence-corrected chi connectivity index (χ1v) is 7.13. The number of methoxy groups -OCH3 is 2. The fourth-order valence-corrected chi connectivity index (χ4v) is 2.63. The number of aromatic nitrogens is 1. The van der Waals surface area contributed by atoms with Crippen LogP contribution >= 0.6 is 0 Å². The van der Waals surface area contributed by atoms with Crippen molar-refractivity contribution >= 4 is 11.8 Å². The van der Waals surface area contributed by atoms with E-state index in [1.54, 1.807) is 26.4 Å². The lowest BCUT2D eigenvalue weighted by molar-refractivity contribution is -0.00461. The van der Waals surface area contributed by atoms with E-state index in [0.29, 0.717) is 18.9 Å². The normalized spacial score (nSPS) is 21.8. The second kappa shape index (κ2) is 6.87. The number of aromatic carboxylic acids is 1. The van der Waals surface area contributed by atoms with Crippen LogP contribution in [0.25, 0.3) is 0 Å². The fraction of sp³-hybridized carbons (Fsp3) is 0.600. The molecule has 0 saturated carbocycles. The number of hydrogen-bond donors (Lipinski definition) is 1. The third-order valence-electron chi connectivity index (χ3n) is 3.76. The Hall–Kier alpha value is -1.66. The van der Waals surface area contributed by atoms with Crippen LogP contribution in [0.5, 0.6) is 0 Å². The van der Waals surface area contributed by atoms with Gasteiger partial charge < -0.3 is 19.5 Å². The van der Waals surface area contributed by atoms with Gasteiger partial charge in [0.2, 0.25) is 0 Å². The molecule has 0 aromatic carbocycles. The quantitative estimate of drug-likeness (QED) is 0.859. The van der Waals surface area contributed by atoms with E-state index in [1.807, 2.05) is 11.8 Å². The Morgan fingerprint density at radius 3 is 2.43 bits per heavy atom. The summed E-state index contributed by atoms with van der Waals surface area (Å²) in [7, 11) is 3.31. The number of rotatable bonds is 6. The summed E-state index contributed by atoms with van der Waals surface area (Å²) in [6.45, 7) is 3.35. The number of carboxylic acid groups (broad SMARTS) is 1. The molecule has 1 aromatic heterocycles. The molecule has 21 heavy (non-hydrogen) atoms. The molecule has 2 unspecified atom stereocenters. The maximum absolute atomic E-state index is 11.3. The van der Waals surface area contributed by atoms with E-state index in [4.69, 9.17) is 9.47 Å². The van der Waals surface area contributed by atoms with Gasteiger partial charge in [-0.15, -0.1) is 0 Å². The highest BCUT2D eigenvalue weighted by molar-refractivity contribution is 5.88. The lowest BCUT2D eigenvalue weighted by atomic mass is 10.1. The van der Waals surface area contributed by atoms with E-state index in [9.17, 15) is 9.90 Å². The Morgan fingerprint density at radius 1 is 1.33 bits per heavy atom.